The third-order valence-corrected chi connectivity index (χ3v) is 6.57. The molecule has 27 heavy (non-hydrogen) atoms. The molecule has 0 bridgehead atoms. The van der Waals surface area contributed by atoms with Gasteiger partial charge in [0.1, 0.15) is 12.1 Å². The average molecular weight is 401 g/mol. The Labute approximate surface area is 167 Å². The van der Waals surface area contributed by atoms with Gasteiger partial charge in [0.25, 0.3) is 5.91 Å². The lowest BCUT2D eigenvalue weighted by Crippen LogP contribution is -2.51. The molecular formula is C19H33ClN4O3. The molecule has 3 N–H and O–H groups in total. The van der Waals surface area contributed by atoms with Crippen molar-refractivity contribution >= 4 is 30.3 Å². The number of hydrogen-bond acceptors (Lipinski definition) is 4. The third kappa shape index (κ3) is 4.09. The fraction of sp³-hybridized carbons (Fsp3) is 0.842. The van der Waals surface area contributed by atoms with Crippen LogP contribution in [0.2, 0.25) is 0 Å². The Balaban J connectivity index is 0.00000261. The molecule has 2 saturated heterocycles. The minimum atomic E-state index is -0.808. The molecular weight excluding hydrogens is 368 g/mol. The number of nitrogens with two attached hydrogens (primary N) is 1. The lowest BCUT2D eigenvalue weighted by molar-refractivity contribution is -0.140. The summed E-state index contributed by atoms with van der Waals surface area (Å²) < 4.78 is 0. The van der Waals surface area contributed by atoms with Gasteiger partial charge in [-0.25, -0.2) is 4.79 Å². The highest BCUT2D eigenvalue weighted by Gasteiger charge is 2.53. The first-order valence-corrected chi connectivity index (χ1v) is 9.81. The molecule has 1 atom stereocenters. The van der Waals surface area contributed by atoms with Crippen LogP contribution >= 0.6 is 12.4 Å². The molecule has 1 saturated carbocycles. The Hall–Kier alpha value is -1.34. The van der Waals surface area contributed by atoms with Gasteiger partial charge in [-0.15, -0.1) is 12.4 Å². The van der Waals surface area contributed by atoms with Crippen LogP contribution in [0.3, 0.4) is 0 Å². The van der Waals surface area contributed by atoms with Crippen LogP contribution in [0.5, 0.6) is 0 Å². The van der Waals surface area contributed by atoms with Gasteiger partial charge in [0.05, 0.1) is 0 Å². The number of nitrogens with one attached hydrogen (secondary N) is 1. The van der Waals surface area contributed by atoms with Gasteiger partial charge < -0.3 is 16.0 Å². The number of carbonyl (C=O) groups excluding carboxylic acids is 3. The molecule has 0 radical (unpaired) electrons. The molecule has 0 aromatic carbocycles. The number of urea groups is 1. The maximum atomic E-state index is 13.0. The summed E-state index contributed by atoms with van der Waals surface area (Å²) in [6.45, 7) is 7.57. The first-order valence-electron chi connectivity index (χ1n) is 9.81. The van der Waals surface area contributed by atoms with Crippen molar-refractivity contribution in [3.8, 4) is 0 Å². The Morgan fingerprint density at radius 1 is 1.22 bits per heavy atom. The van der Waals surface area contributed by atoms with Crippen LogP contribution in [-0.2, 0) is 9.59 Å². The van der Waals surface area contributed by atoms with Crippen molar-refractivity contribution in [1.29, 1.82) is 0 Å². The lowest BCUT2D eigenvalue weighted by Gasteiger charge is -2.40. The summed E-state index contributed by atoms with van der Waals surface area (Å²) in [5.74, 6) is 0.136. The van der Waals surface area contributed by atoms with Gasteiger partial charge >= 0.3 is 6.03 Å². The molecule has 0 aromatic heterocycles. The zero-order chi connectivity index (χ0) is 19.1. The van der Waals surface area contributed by atoms with E-state index in [9.17, 15) is 14.4 Å². The van der Waals surface area contributed by atoms with Crippen LogP contribution < -0.4 is 11.1 Å². The maximum absolute atomic E-state index is 13.0. The molecule has 1 aliphatic carbocycles. The van der Waals surface area contributed by atoms with Crippen LogP contribution in [0.15, 0.2) is 0 Å². The average Bonchev–Trinajstić information content (AvgIpc) is 3.14. The van der Waals surface area contributed by atoms with Crippen LogP contribution in [-0.4, -0.2) is 58.9 Å². The molecule has 3 aliphatic rings. The first-order chi connectivity index (χ1) is 12.2. The smallest absolute Gasteiger partial charge is 0.325 e. The molecule has 154 valence electrons. The maximum Gasteiger partial charge on any atom is 0.325 e. The highest BCUT2D eigenvalue weighted by Crippen LogP contribution is 2.43. The standard InChI is InChI=1S/C19H32N4O3.ClH/c1-18(2,3)13-6-8-19(9-7-13)16(25)23(17(26)21-19)12-15(24)22-10-4-5-14(22)11-20;/h13-14H,4-12,20H2,1-3H3,(H,21,26);1H. The van der Waals surface area contributed by atoms with Crippen molar-refractivity contribution in [1.82, 2.24) is 15.1 Å². The van der Waals surface area contributed by atoms with Gasteiger partial charge in [0.2, 0.25) is 5.91 Å². The van der Waals surface area contributed by atoms with Crippen molar-refractivity contribution in [2.24, 2.45) is 17.1 Å². The highest BCUT2D eigenvalue weighted by atomic mass is 35.5. The molecule has 4 amide bonds. The molecule has 2 aliphatic heterocycles. The second-order valence-corrected chi connectivity index (χ2v) is 9.16. The van der Waals surface area contributed by atoms with Crippen molar-refractivity contribution in [2.75, 3.05) is 19.6 Å². The number of imide groups is 1. The molecule has 8 heteroatoms. The van der Waals surface area contributed by atoms with Crippen molar-refractivity contribution in [3.05, 3.63) is 0 Å². The second-order valence-electron chi connectivity index (χ2n) is 9.16. The molecule has 1 unspecified atom stereocenters. The summed E-state index contributed by atoms with van der Waals surface area (Å²) in [6, 6.07) is -0.402. The zero-order valence-corrected chi connectivity index (χ0v) is 17.4. The summed E-state index contributed by atoms with van der Waals surface area (Å²) >= 11 is 0. The Morgan fingerprint density at radius 2 is 1.85 bits per heavy atom. The predicted molar refractivity (Wildman–Crippen MR) is 105 cm³/mol. The number of rotatable bonds is 3. The Morgan fingerprint density at radius 3 is 2.41 bits per heavy atom. The van der Waals surface area contributed by atoms with Crippen LogP contribution in [0, 0.1) is 11.3 Å². The minimum absolute atomic E-state index is 0. The third-order valence-electron chi connectivity index (χ3n) is 6.57. The minimum Gasteiger partial charge on any atom is -0.337 e. The molecule has 0 aromatic rings. The van der Waals surface area contributed by atoms with E-state index >= 15 is 0 Å². The number of carbonyl (C=O) groups is 3. The number of nitrogens with zero attached hydrogens (tertiary/aromatic N) is 2. The van der Waals surface area contributed by atoms with E-state index in [0.717, 1.165) is 30.6 Å². The summed E-state index contributed by atoms with van der Waals surface area (Å²) in [5, 5.41) is 2.90. The monoisotopic (exact) mass is 400 g/mol. The number of hydrogen-bond donors (Lipinski definition) is 2. The van der Waals surface area contributed by atoms with Gasteiger partial charge in [0.15, 0.2) is 0 Å². The zero-order valence-electron chi connectivity index (χ0n) is 16.6. The SMILES string of the molecule is CC(C)(C)C1CCC2(CC1)NC(=O)N(CC(=O)N1CCCC1CN)C2=O.Cl. The van der Waals surface area contributed by atoms with E-state index in [1.54, 1.807) is 4.90 Å². The van der Waals surface area contributed by atoms with E-state index in [-0.39, 0.29) is 42.2 Å². The van der Waals surface area contributed by atoms with E-state index in [4.69, 9.17) is 5.73 Å². The van der Waals surface area contributed by atoms with Crippen LogP contribution in [0.1, 0.15) is 59.3 Å². The molecule has 7 nitrogen and oxygen atoms in total. The second kappa shape index (κ2) is 7.95. The fourth-order valence-corrected chi connectivity index (χ4v) is 4.77. The summed E-state index contributed by atoms with van der Waals surface area (Å²) in [4.78, 5) is 40.9. The summed E-state index contributed by atoms with van der Waals surface area (Å²) in [5.41, 5.74) is 5.13. The van der Waals surface area contributed by atoms with Crippen molar-refractivity contribution in [3.63, 3.8) is 0 Å². The Kier molecular flexibility index (Phi) is 6.47. The highest BCUT2D eigenvalue weighted by molar-refractivity contribution is 6.09. The van der Waals surface area contributed by atoms with E-state index in [2.05, 4.69) is 26.1 Å². The van der Waals surface area contributed by atoms with Gasteiger partial charge in [-0.05, 0) is 49.9 Å². The fourth-order valence-electron chi connectivity index (χ4n) is 4.77. The quantitative estimate of drug-likeness (QED) is 0.707. The van der Waals surface area contributed by atoms with Gasteiger partial charge in [-0.3, -0.25) is 14.5 Å². The molecule has 3 fully saturated rings. The molecule has 2 heterocycles. The number of halogens is 1. The predicted octanol–water partition coefficient (Wildman–Crippen LogP) is 1.88. The lowest BCUT2D eigenvalue weighted by atomic mass is 9.67. The van der Waals surface area contributed by atoms with Gasteiger partial charge in [0, 0.05) is 19.1 Å². The van der Waals surface area contributed by atoms with Crippen LogP contribution in [0.4, 0.5) is 4.79 Å². The normalized spacial score (nSPS) is 31.3. The van der Waals surface area contributed by atoms with E-state index in [1.165, 1.54) is 0 Å². The number of amides is 4. The Bertz CT molecular complexity index is 596. The van der Waals surface area contributed by atoms with Gasteiger partial charge in [-0.1, -0.05) is 20.8 Å². The topological polar surface area (TPSA) is 95.7 Å². The molecule has 1 spiro atoms. The van der Waals surface area contributed by atoms with E-state index < -0.39 is 11.6 Å². The summed E-state index contributed by atoms with van der Waals surface area (Å²) in [7, 11) is 0. The van der Waals surface area contributed by atoms with Crippen LogP contribution in [0.25, 0.3) is 0 Å². The summed E-state index contributed by atoms with van der Waals surface area (Å²) in [6.07, 6.45) is 4.95. The van der Waals surface area contributed by atoms with Crippen molar-refractivity contribution < 1.29 is 14.4 Å². The van der Waals surface area contributed by atoms with Crippen molar-refractivity contribution in [2.45, 2.75) is 70.9 Å². The van der Waals surface area contributed by atoms with Gasteiger partial charge in [-0.2, -0.15) is 0 Å². The first kappa shape index (κ1) is 22.0. The number of likely N-dealkylation sites (tertiary alicyclic amines) is 1. The van der Waals surface area contributed by atoms with E-state index in [1.807, 2.05) is 0 Å². The molecule has 3 rings (SSSR count). The largest absolute Gasteiger partial charge is 0.337 e. The van der Waals surface area contributed by atoms with E-state index in [0.29, 0.717) is 31.8 Å².